The van der Waals surface area contributed by atoms with Crippen LogP contribution >= 0.6 is 0 Å². The number of ether oxygens (including phenoxy) is 1. The van der Waals surface area contributed by atoms with Crippen molar-refractivity contribution >= 4 is 11.7 Å². The van der Waals surface area contributed by atoms with E-state index >= 15 is 0 Å². The fourth-order valence-electron chi connectivity index (χ4n) is 2.89. The third kappa shape index (κ3) is 3.85. The molecule has 0 radical (unpaired) electrons. The van der Waals surface area contributed by atoms with E-state index in [-0.39, 0.29) is 12.0 Å². The third-order valence-electron chi connectivity index (χ3n) is 4.05. The maximum atomic E-state index is 12.7. The predicted octanol–water partition coefficient (Wildman–Crippen LogP) is 2.25. The van der Waals surface area contributed by atoms with Gasteiger partial charge in [0, 0.05) is 11.6 Å². The molecule has 1 N–H and O–H groups in total. The van der Waals surface area contributed by atoms with E-state index in [0.29, 0.717) is 5.56 Å². The minimum atomic E-state index is 0.0703. The standard InChI is InChI=1S/C19H23N3O2/c1-15(2)24-17-7-5-6-16(14-17)19(23)22-12-10-21(11-13-22)18-8-3-4-9-20-18/h3-9,14-15H,10-13H2,1-2H3/p+1. The molecule has 5 heteroatoms. The summed E-state index contributed by atoms with van der Waals surface area (Å²) in [5, 5.41) is 0. The van der Waals surface area contributed by atoms with Crippen LogP contribution in [0.4, 0.5) is 5.82 Å². The number of hydrogen-bond acceptors (Lipinski definition) is 3. The molecule has 0 unspecified atom stereocenters. The fraction of sp³-hybridized carbons (Fsp3) is 0.368. The van der Waals surface area contributed by atoms with E-state index in [1.165, 1.54) is 0 Å². The van der Waals surface area contributed by atoms with Crippen LogP contribution in [0.25, 0.3) is 0 Å². The summed E-state index contributed by atoms with van der Waals surface area (Å²) >= 11 is 0. The van der Waals surface area contributed by atoms with E-state index in [2.05, 4.69) is 16.0 Å². The second-order valence-corrected chi connectivity index (χ2v) is 6.22. The molecule has 0 spiro atoms. The molecule has 0 saturated carbocycles. The molecule has 2 heterocycles. The molecule has 5 nitrogen and oxygen atoms in total. The quantitative estimate of drug-likeness (QED) is 0.866. The van der Waals surface area contributed by atoms with E-state index in [1.54, 1.807) is 0 Å². The van der Waals surface area contributed by atoms with E-state index in [9.17, 15) is 4.79 Å². The van der Waals surface area contributed by atoms with Crippen molar-refractivity contribution < 1.29 is 14.5 Å². The van der Waals surface area contributed by atoms with Crippen molar-refractivity contribution in [2.24, 2.45) is 0 Å². The molecule has 24 heavy (non-hydrogen) atoms. The van der Waals surface area contributed by atoms with E-state index in [4.69, 9.17) is 4.74 Å². The maximum absolute atomic E-state index is 12.7. The number of rotatable bonds is 4. The minimum Gasteiger partial charge on any atom is -0.491 e. The average molecular weight is 326 g/mol. The number of nitrogens with one attached hydrogen (secondary N) is 1. The summed E-state index contributed by atoms with van der Waals surface area (Å²) in [7, 11) is 0. The van der Waals surface area contributed by atoms with Gasteiger partial charge in [-0.1, -0.05) is 12.1 Å². The van der Waals surface area contributed by atoms with Crippen LogP contribution in [0, 0.1) is 0 Å². The van der Waals surface area contributed by atoms with Gasteiger partial charge in [0.25, 0.3) is 11.7 Å². The molecule has 1 fully saturated rings. The highest BCUT2D eigenvalue weighted by atomic mass is 16.5. The van der Waals surface area contributed by atoms with E-state index in [1.807, 2.05) is 61.3 Å². The number of piperazine rings is 1. The molecular formula is C19H24N3O2+. The van der Waals surface area contributed by atoms with Gasteiger partial charge in [-0.2, -0.15) is 0 Å². The topological polar surface area (TPSA) is 46.9 Å². The van der Waals surface area contributed by atoms with Gasteiger partial charge in [0.15, 0.2) is 0 Å². The molecular weight excluding hydrogens is 302 g/mol. The molecule has 1 aromatic carbocycles. The smallest absolute Gasteiger partial charge is 0.274 e. The first-order chi connectivity index (χ1) is 11.6. The lowest BCUT2D eigenvalue weighted by molar-refractivity contribution is -0.364. The lowest BCUT2D eigenvalue weighted by Crippen LogP contribution is -2.50. The summed E-state index contributed by atoms with van der Waals surface area (Å²) < 4.78 is 5.68. The normalized spacial score (nSPS) is 14.8. The Hall–Kier alpha value is -2.56. The van der Waals surface area contributed by atoms with Crippen LogP contribution in [0.2, 0.25) is 0 Å². The van der Waals surface area contributed by atoms with Gasteiger partial charge in [-0.15, -0.1) is 0 Å². The molecule has 0 aliphatic carbocycles. The molecule has 0 bridgehead atoms. The van der Waals surface area contributed by atoms with Gasteiger partial charge in [0.05, 0.1) is 25.4 Å². The number of H-pyrrole nitrogens is 1. The van der Waals surface area contributed by atoms with Crippen LogP contribution in [-0.4, -0.2) is 43.1 Å². The van der Waals surface area contributed by atoms with Crippen molar-refractivity contribution in [3.8, 4) is 5.75 Å². The van der Waals surface area contributed by atoms with Gasteiger partial charge in [-0.05, 0) is 38.1 Å². The molecule has 3 rings (SSSR count). The first kappa shape index (κ1) is 16.3. The Morgan fingerprint density at radius 3 is 2.54 bits per heavy atom. The second-order valence-electron chi connectivity index (χ2n) is 6.22. The Kier molecular flexibility index (Phi) is 4.99. The Morgan fingerprint density at radius 1 is 1.08 bits per heavy atom. The third-order valence-corrected chi connectivity index (χ3v) is 4.05. The molecule has 0 atom stereocenters. The van der Waals surface area contributed by atoms with E-state index in [0.717, 1.165) is 37.7 Å². The zero-order chi connectivity index (χ0) is 16.9. The van der Waals surface area contributed by atoms with Gasteiger partial charge < -0.3 is 9.64 Å². The van der Waals surface area contributed by atoms with Crippen LogP contribution < -0.4 is 14.6 Å². The number of benzene rings is 1. The van der Waals surface area contributed by atoms with Gasteiger partial charge in [0.1, 0.15) is 18.8 Å². The van der Waals surface area contributed by atoms with Crippen molar-refractivity contribution in [3.63, 3.8) is 0 Å². The van der Waals surface area contributed by atoms with Crippen molar-refractivity contribution in [1.29, 1.82) is 0 Å². The summed E-state index contributed by atoms with van der Waals surface area (Å²) in [4.78, 5) is 20.1. The monoisotopic (exact) mass is 326 g/mol. The van der Waals surface area contributed by atoms with Crippen LogP contribution in [0.3, 0.4) is 0 Å². The van der Waals surface area contributed by atoms with Crippen LogP contribution in [0.5, 0.6) is 5.75 Å². The number of carbonyl (C=O) groups excluding carboxylic acids is 1. The number of aromatic nitrogens is 1. The molecule has 1 aliphatic heterocycles. The highest BCUT2D eigenvalue weighted by molar-refractivity contribution is 5.94. The Bertz CT molecular complexity index is 680. The number of pyridine rings is 1. The number of hydrogen-bond donors (Lipinski definition) is 0. The highest BCUT2D eigenvalue weighted by Crippen LogP contribution is 2.18. The summed E-state index contributed by atoms with van der Waals surface area (Å²) in [5.74, 6) is 1.91. The minimum absolute atomic E-state index is 0.0703. The molecule has 1 aromatic heterocycles. The largest absolute Gasteiger partial charge is 0.491 e. The summed E-state index contributed by atoms with van der Waals surface area (Å²) in [6.45, 7) is 7.05. The molecule has 1 aliphatic rings. The second kappa shape index (κ2) is 7.34. The highest BCUT2D eigenvalue weighted by Gasteiger charge is 2.26. The Balaban J connectivity index is 1.63. The van der Waals surface area contributed by atoms with Gasteiger partial charge >= 0.3 is 0 Å². The molecule has 126 valence electrons. The van der Waals surface area contributed by atoms with Crippen molar-refractivity contribution in [3.05, 3.63) is 54.2 Å². The Labute approximate surface area is 142 Å². The molecule has 1 saturated heterocycles. The van der Waals surface area contributed by atoms with Crippen molar-refractivity contribution in [2.45, 2.75) is 20.0 Å². The van der Waals surface area contributed by atoms with Crippen LogP contribution in [0.1, 0.15) is 24.2 Å². The number of amides is 1. The summed E-state index contributed by atoms with van der Waals surface area (Å²) in [5.41, 5.74) is 0.688. The molecule has 1 amide bonds. The zero-order valence-corrected chi connectivity index (χ0v) is 14.2. The summed E-state index contributed by atoms with van der Waals surface area (Å²) in [6.07, 6.45) is 2.02. The number of aromatic amines is 1. The zero-order valence-electron chi connectivity index (χ0n) is 14.2. The van der Waals surface area contributed by atoms with Crippen LogP contribution in [0.15, 0.2) is 48.7 Å². The Morgan fingerprint density at radius 2 is 1.88 bits per heavy atom. The van der Waals surface area contributed by atoms with Crippen LogP contribution in [-0.2, 0) is 0 Å². The maximum Gasteiger partial charge on any atom is 0.274 e. The van der Waals surface area contributed by atoms with Crippen molar-refractivity contribution in [1.82, 2.24) is 4.90 Å². The van der Waals surface area contributed by atoms with Gasteiger partial charge in [0.2, 0.25) is 0 Å². The number of anilines is 1. The van der Waals surface area contributed by atoms with E-state index < -0.39 is 0 Å². The first-order valence-corrected chi connectivity index (χ1v) is 8.41. The predicted molar refractivity (Wildman–Crippen MR) is 93.3 cm³/mol. The number of nitrogens with zero attached hydrogens (tertiary/aromatic N) is 2. The van der Waals surface area contributed by atoms with Gasteiger partial charge in [-0.25, -0.2) is 4.98 Å². The lowest BCUT2D eigenvalue weighted by Gasteiger charge is -2.31. The lowest BCUT2D eigenvalue weighted by atomic mass is 10.1. The SMILES string of the molecule is CC(C)Oc1cccc(C(=O)N2CCN(c3cccc[nH+]3)CC2)c1. The fourth-order valence-corrected chi connectivity index (χ4v) is 2.89. The number of carbonyl (C=O) groups is 1. The van der Waals surface area contributed by atoms with Gasteiger partial charge in [-0.3, -0.25) is 9.69 Å². The van der Waals surface area contributed by atoms with Crippen molar-refractivity contribution in [2.75, 3.05) is 31.1 Å². The summed E-state index contributed by atoms with van der Waals surface area (Å²) in [6, 6.07) is 13.5. The molecule has 2 aromatic rings. The average Bonchev–Trinajstić information content (AvgIpc) is 2.62. The first-order valence-electron chi connectivity index (χ1n) is 8.41.